The van der Waals surface area contributed by atoms with Crippen LogP contribution in [0, 0.1) is 0 Å². The Morgan fingerprint density at radius 1 is 0.861 bits per heavy atom. The van der Waals surface area contributed by atoms with Crippen LogP contribution in [0.5, 0.6) is 5.75 Å². The quantitative estimate of drug-likeness (QED) is 0.294. The molecular weight excluding hydrogens is 469 g/mol. The standard InChI is InChI=1S/C27H19F3N4O2/c1-33(20-12-14-21(15-13-20)36-27(28,29)30)26(35)23-17-25-31-22(18-8-4-2-5-9-18)16-24(34(25)32-23)19-10-6-3-7-11-19/h2-17H,1H3. The molecule has 1 amide bonds. The minimum atomic E-state index is -4.79. The van der Waals surface area contributed by atoms with E-state index in [0.29, 0.717) is 11.3 Å². The number of halogens is 3. The van der Waals surface area contributed by atoms with E-state index in [0.717, 1.165) is 34.6 Å². The number of amides is 1. The third-order valence-corrected chi connectivity index (χ3v) is 5.55. The Morgan fingerprint density at radius 2 is 1.47 bits per heavy atom. The van der Waals surface area contributed by atoms with Crippen molar-refractivity contribution in [1.82, 2.24) is 14.6 Å². The summed E-state index contributed by atoms with van der Waals surface area (Å²) in [4.78, 5) is 19.3. The molecule has 2 aromatic heterocycles. The zero-order valence-corrected chi connectivity index (χ0v) is 19.0. The zero-order chi connectivity index (χ0) is 25.3. The summed E-state index contributed by atoms with van der Waals surface area (Å²) >= 11 is 0. The van der Waals surface area contributed by atoms with E-state index in [4.69, 9.17) is 4.98 Å². The Kier molecular flexibility index (Phi) is 5.89. The van der Waals surface area contributed by atoms with Crippen LogP contribution in [-0.4, -0.2) is 33.9 Å². The van der Waals surface area contributed by atoms with Gasteiger partial charge in [0.25, 0.3) is 5.91 Å². The van der Waals surface area contributed by atoms with Gasteiger partial charge in [-0.1, -0.05) is 60.7 Å². The second kappa shape index (κ2) is 9.18. The molecule has 0 aliphatic carbocycles. The lowest BCUT2D eigenvalue weighted by atomic mass is 10.1. The third kappa shape index (κ3) is 4.76. The number of nitrogens with zero attached hydrogens (tertiary/aromatic N) is 4. The summed E-state index contributed by atoms with van der Waals surface area (Å²) in [5.74, 6) is -0.810. The number of hydrogen-bond donors (Lipinski definition) is 0. The van der Waals surface area contributed by atoms with Gasteiger partial charge in [-0.25, -0.2) is 9.50 Å². The fourth-order valence-electron chi connectivity index (χ4n) is 3.81. The van der Waals surface area contributed by atoms with Crippen LogP contribution in [0.2, 0.25) is 0 Å². The van der Waals surface area contributed by atoms with Crippen LogP contribution in [-0.2, 0) is 0 Å². The Hall–Kier alpha value is -4.66. The van der Waals surface area contributed by atoms with Gasteiger partial charge in [0.2, 0.25) is 0 Å². The topological polar surface area (TPSA) is 59.7 Å². The number of rotatable bonds is 5. The summed E-state index contributed by atoms with van der Waals surface area (Å²) in [5.41, 5.74) is 4.32. The van der Waals surface area contributed by atoms with Crippen LogP contribution in [0.4, 0.5) is 18.9 Å². The van der Waals surface area contributed by atoms with E-state index in [1.54, 1.807) is 10.6 Å². The Morgan fingerprint density at radius 3 is 2.08 bits per heavy atom. The molecule has 2 heterocycles. The van der Waals surface area contributed by atoms with E-state index in [2.05, 4.69) is 9.84 Å². The van der Waals surface area contributed by atoms with Crippen molar-refractivity contribution in [3.05, 3.63) is 103 Å². The first kappa shape index (κ1) is 23.1. The Balaban J connectivity index is 1.53. The van der Waals surface area contributed by atoms with Crippen molar-refractivity contribution >= 4 is 17.2 Å². The van der Waals surface area contributed by atoms with Gasteiger partial charge >= 0.3 is 6.36 Å². The number of anilines is 1. The average Bonchev–Trinajstić information content (AvgIpc) is 3.32. The molecule has 5 rings (SSSR count). The van der Waals surface area contributed by atoms with Gasteiger partial charge in [-0.2, -0.15) is 5.10 Å². The lowest BCUT2D eigenvalue weighted by Crippen LogP contribution is -2.26. The molecule has 0 spiro atoms. The van der Waals surface area contributed by atoms with Crippen molar-refractivity contribution in [2.45, 2.75) is 6.36 Å². The highest BCUT2D eigenvalue weighted by Crippen LogP contribution is 2.28. The smallest absolute Gasteiger partial charge is 0.406 e. The molecule has 3 aromatic carbocycles. The molecule has 0 saturated carbocycles. The molecule has 0 atom stereocenters. The van der Waals surface area contributed by atoms with E-state index in [9.17, 15) is 18.0 Å². The molecule has 5 aromatic rings. The first-order valence-electron chi connectivity index (χ1n) is 10.9. The highest BCUT2D eigenvalue weighted by molar-refractivity contribution is 6.05. The lowest BCUT2D eigenvalue weighted by Gasteiger charge is -2.16. The second-order valence-electron chi connectivity index (χ2n) is 7.96. The molecule has 9 heteroatoms. The lowest BCUT2D eigenvalue weighted by molar-refractivity contribution is -0.274. The van der Waals surface area contributed by atoms with Crippen molar-refractivity contribution in [2.24, 2.45) is 0 Å². The van der Waals surface area contributed by atoms with Gasteiger partial charge in [0.15, 0.2) is 11.3 Å². The van der Waals surface area contributed by atoms with E-state index in [1.165, 1.54) is 24.1 Å². The molecule has 6 nitrogen and oxygen atoms in total. The number of alkyl halides is 3. The van der Waals surface area contributed by atoms with E-state index < -0.39 is 12.3 Å². The molecule has 0 unspecified atom stereocenters. The van der Waals surface area contributed by atoms with E-state index in [-0.39, 0.29) is 11.4 Å². The molecular formula is C27H19F3N4O2. The van der Waals surface area contributed by atoms with Gasteiger partial charge in [0, 0.05) is 29.9 Å². The minimum Gasteiger partial charge on any atom is -0.406 e. The molecule has 0 bridgehead atoms. The maximum Gasteiger partial charge on any atom is 0.573 e. The number of aromatic nitrogens is 3. The van der Waals surface area contributed by atoms with Crippen LogP contribution in [0.3, 0.4) is 0 Å². The van der Waals surface area contributed by atoms with Crippen LogP contribution < -0.4 is 9.64 Å². The predicted molar refractivity (Wildman–Crippen MR) is 130 cm³/mol. The molecule has 180 valence electrons. The molecule has 0 fully saturated rings. The SMILES string of the molecule is CN(C(=O)c1cc2nc(-c3ccccc3)cc(-c3ccccc3)n2n1)c1ccc(OC(F)(F)F)cc1. The van der Waals surface area contributed by atoms with Crippen molar-refractivity contribution in [3.8, 4) is 28.3 Å². The fourth-order valence-corrected chi connectivity index (χ4v) is 3.81. The van der Waals surface area contributed by atoms with Crippen molar-refractivity contribution in [3.63, 3.8) is 0 Å². The third-order valence-electron chi connectivity index (χ3n) is 5.55. The molecule has 0 N–H and O–H groups in total. The monoisotopic (exact) mass is 488 g/mol. The van der Waals surface area contributed by atoms with Crippen LogP contribution in [0.25, 0.3) is 28.2 Å². The summed E-state index contributed by atoms with van der Waals surface area (Å²) in [5, 5.41) is 4.53. The average molecular weight is 488 g/mol. The molecule has 36 heavy (non-hydrogen) atoms. The number of fused-ring (bicyclic) bond motifs is 1. The zero-order valence-electron chi connectivity index (χ0n) is 19.0. The van der Waals surface area contributed by atoms with E-state index >= 15 is 0 Å². The van der Waals surface area contributed by atoms with Crippen LogP contribution in [0.1, 0.15) is 10.5 Å². The summed E-state index contributed by atoms with van der Waals surface area (Å²) in [6.45, 7) is 0. The van der Waals surface area contributed by atoms with Crippen LogP contribution >= 0.6 is 0 Å². The number of carbonyl (C=O) groups is 1. The van der Waals surface area contributed by atoms with Gasteiger partial charge in [-0.05, 0) is 30.3 Å². The Bertz CT molecular complexity index is 1520. The maximum atomic E-state index is 13.2. The Labute approximate surface area is 204 Å². The number of benzene rings is 3. The summed E-state index contributed by atoms with van der Waals surface area (Å²) < 4.78 is 42.8. The van der Waals surface area contributed by atoms with Gasteiger partial charge in [0.1, 0.15) is 5.75 Å². The summed E-state index contributed by atoms with van der Waals surface area (Å²) in [7, 11) is 1.52. The second-order valence-corrected chi connectivity index (χ2v) is 7.96. The first-order chi connectivity index (χ1) is 17.3. The van der Waals surface area contributed by atoms with Crippen molar-refractivity contribution < 1.29 is 22.7 Å². The van der Waals surface area contributed by atoms with Gasteiger partial charge < -0.3 is 9.64 Å². The largest absolute Gasteiger partial charge is 0.573 e. The normalized spacial score (nSPS) is 11.4. The number of hydrogen-bond acceptors (Lipinski definition) is 4. The number of carbonyl (C=O) groups excluding carboxylic acids is 1. The van der Waals surface area contributed by atoms with Gasteiger partial charge in [-0.15, -0.1) is 13.2 Å². The molecule has 0 radical (unpaired) electrons. The number of ether oxygens (including phenoxy) is 1. The minimum absolute atomic E-state index is 0.142. The molecule has 0 aliphatic rings. The molecule has 0 aliphatic heterocycles. The van der Waals surface area contributed by atoms with E-state index in [1.807, 2.05) is 66.7 Å². The van der Waals surface area contributed by atoms with Crippen molar-refractivity contribution in [1.29, 1.82) is 0 Å². The van der Waals surface area contributed by atoms with Gasteiger partial charge in [-0.3, -0.25) is 4.79 Å². The molecule has 0 saturated heterocycles. The summed E-state index contributed by atoms with van der Waals surface area (Å²) in [6.07, 6.45) is -4.79. The predicted octanol–water partition coefficient (Wildman–Crippen LogP) is 6.24. The highest BCUT2D eigenvalue weighted by atomic mass is 19.4. The highest BCUT2D eigenvalue weighted by Gasteiger charge is 2.31. The fraction of sp³-hybridized carbons (Fsp3) is 0.0741. The maximum absolute atomic E-state index is 13.2. The first-order valence-corrected chi connectivity index (χ1v) is 10.9. The van der Waals surface area contributed by atoms with Crippen molar-refractivity contribution in [2.75, 3.05) is 11.9 Å². The van der Waals surface area contributed by atoms with Crippen LogP contribution in [0.15, 0.2) is 97.1 Å². The van der Waals surface area contributed by atoms with Gasteiger partial charge in [0.05, 0.1) is 11.4 Å². The summed E-state index contributed by atoms with van der Waals surface area (Å²) in [6, 6.07) is 27.9.